The van der Waals surface area contributed by atoms with Gasteiger partial charge in [-0.2, -0.15) is 0 Å². The van der Waals surface area contributed by atoms with Crippen LogP contribution in [0, 0.1) is 17.0 Å². The molecule has 1 heterocycles. The zero-order valence-electron chi connectivity index (χ0n) is 11.4. The average Bonchev–Trinajstić information content (AvgIpc) is 2.82. The van der Waals surface area contributed by atoms with Crippen LogP contribution in [0.3, 0.4) is 0 Å². The Balaban J connectivity index is 2.33. The van der Waals surface area contributed by atoms with Crippen molar-refractivity contribution in [2.45, 2.75) is 20.3 Å². The lowest BCUT2D eigenvalue weighted by molar-refractivity contribution is -0.384. The van der Waals surface area contributed by atoms with Crippen LogP contribution in [0.5, 0.6) is 5.75 Å². The third kappa shape index (κ3) is 2.83. The highest BCUT2D eigenvalue weighted by molar-refractivity contribution is 6.06. The molecule has 110 valence electrons. The summed E-state index contributed by atoms with van der Waals surface area (Å²) < 4.78 is 5.01. The van der Waals surface area contributed by atoms with Crippen molar-refractivity contribution in [3.63, 3.8) is 0 Å². The average molecular weight is 291 g/mol. The van der Waals surface area contributed by atoms with Gasteiger partial charge < -0.3 is 14.9 Å². The van der Waals surface area contributed by atoms with Crippen molar-refractivity contribution in [3.8, 4) is 5.75 Å². The molecule has 1 aromatic heterocycles. The number of aryl methyl sites for hydroxylation is 2. The summed E-state index contributed by atoms with van der Waals surface area (Å²) >= 11 is 0. The third-order valence-corrected chi connectivity index (χ3v) is 2.92. The Kier molecular flexibility index (Phi) is 3.88. The SMILES string of the molecule is CCc1onc(C)c1C(=O)Nc1cc([N+](=O)[O-])ccc1O. The Hall–Kier alpha value is -2.90. The maximum Gasteiger partial charge on any atom is 0.271 e. The number of amides is 1. The molecule has 0 fully saturated rings. The largest absolute Gasteiger partial charge is 0.506 e. The molecule has 0 spiro atoms. The number of nitro benzene ring substituents is 1. The van der Waals surface area contributed by atoms with Crippen LogP contribution in [0.1, 0.15) is 28.7 Å². The van der Waals surface area contributed by atoms with Gasteiger partial charge in [-0.15, -0.1) is 0 Å². The highest BCUT2D eigenvalue weighted by Gasteiger charge is 2.21. The highest BCUT2D eigenvalue weighted by Crippen LogP contribution is 2.28. The number of phenolic OH excluding ortho intramolecular Hbond substituents is 1. The summed E-state index contributed by atoms with van der Waals surface area (Å²) in [5, 5.41) is 26.5. The van der Waals surface area contributed by atoms with Gasteiger partial charge in [0.25, 0.3) is 11.6 Å². The number of nitro groups is 1. The van der Waals surface area contributed by atoms with Crippen LogP contribution in [0.4, 0.5) is 11.4 Å². The summed E-state index contributed by atoms with van der Waals surface area (Å²) in [7, 11) is 0. The number of benzene rings is 1. The van der Waals surface area contributed by atoms with E-state index in [1.165, 1.54) is 0 Å². The molecule has 1 aromatic carbocycles. The van der Waals surface area contributed by atoms with Crippen LogP contribution in [0.15, 0.2) is 22.7 Å². The van der Waals surface area contributed by atoms with E-state index in [-0.39, 0.29) is 22.7 Å². The van der Waals surface area contributed by atoms with Gasteiger partial charge in [0.1, 0.15) is 17.1 Å². The molecule has 2 aromatic rings. The number of carbonyl (C=O) groups is 1. The maximum atomic E-state index is 12.2. The summed E-state index contributed by atoms with van der Waals surface area (Å²) in [5.74, 6) is -0.391. The fraction of sp³-hybridized carbons (Fsp3) is 0.231. The Morgan fingerprint density at radius 1 is 1.52 bits per heavy atom. The summed E-state index contributed by atoms with van der Waals surface area (Å²) in [6.07, 6.45) is 0.477. The lowest BCUT2D eigenvalue weighted by Gasteiger charge is -2.07. The molecule has 0 saturated heterocycles. The Morgan fingerprint density at radius 3 is 2.86 bits per heavy atom. The van der Waals surface area contributed by atoms with E-state index < -0.39 is 10.8 Å². The van der Waals surface area contributed by atoms with Gasteiger partial charge in [0.2, 0.25) is 0 Å². The van der Waals surface area contributed by atoms with E-state index in [1.54, 1.807) is 6.92 Å². The number of hydrogen-bond acceptors (Lipinski definition) is 6. The van der Waals surface area contributed by atoms with Crippen molar-refractivity contribution >= 4 is 17.3 Å². The Bertz CT molecular complexity index is 708. The lowest BCUT2D eigenvalue weighted by Crippen LogP contribution is -2.14. The minimum atomic E-state index is -0.614. The second-order valence-corrected chi connectivity index (χ2v) is 4.33. The second kappa shape index (κ2) is 5.61. The van der Waals surface area contributed by atoms with E-state index in [9.17, 15) is 20.0 Å². The Morgan fingerprint density at radius 2 is 2.24 bits per heavy atom. The molecule has 0 aliphatic heterocycles. The van der Waals surface area contributed by atoms with E-state index in [0.717, 1.165) is 18.2 Å². The number of nitrogens with one attached hydrogen (secondary N) is 1. The van der Waals surface area contributed by atoms with Gasteiger partial charge in [-0.05, 0) is 13.0 Å². The van der Waals surface area contributed by atoms with Crippen molar-refractivity contribution in [2.24, 2.45) is 0 Å². The van der Waals surface area contributed by atoms with Gasteiger partial charge in [-0.25, -0.2) is 0 Å². The van der Waals surface area contributed by atoms with Gasteiger partial charge in [0.05, 0.1) is 16.3 Å². The fourth-order valence-electron chi connectivity index (χ4n) is 1.87. The van der Waals surface area contributed by atoms with Gasteiger partial charge >= 0.3 is 0 Å². The number of rotatable bonds is 4. The van der Waals surface area contributed by atoms with Crippen molar-refractivity contribution < 1.29 is 19.3 Å². The first-order valence-corrected chi connectivity index (χ1v) is 6.18. The summed E-state index contributed by atoms with van der Waals surface area (Å²) in [6.45, 7) is 3.42. The molecule has 21 heavy (non-hydrogen) atoms. The standard InChI is InChI=1S/C13H13N3O5/c1-3-11-12(7(2)15-21-11)13(18)14-9-6-8(16(19)20)4-5-10(9)17/h4-6,17H,3H2,1-2H3,(H,14,18). The van der Waals surface area contributed by atoms with Crippen LogP contribution in [-0.4, -0.2) is 21.1 Å². The second-order valence-electron chi connectivity index (χ2n) is 4.33. The first-order valence-electron chi connectivity index (χ1n) is 6.18. The zero-order chi connectivity index (χ0) is 15.6. The molecule has 2 rings (SSSR count). The topological polar surface area (TPSA) is 119 Å². The molecule has 0 bridgehead atoms. The number of anilines is 1. The van der Waals surface area contributed by atoms with E-state index in [4.69, 9.17) is 4.52 Å². The molecule has 8 nitrogen and oxygen atoms in total. The molecule has 0 aliphatic carbocycles. The predicted molar refractivity (Wildman–Crippen MR) is 73.3 cm³/mol. The normalized spacial score (nSPS) is 10.4. The number of aromatic hydroxyl groups is 1. The zero-order valence-corrected chi connectivity index (χ0v) is 11.4. The third-order valence-electron chi connectivity index (χ3n) is 2.92. The summed E-state index contributed by atoms with van der Waals surface area (Å²) in [4.78, 5) is 22.3. The summed E-state index contributed by atoms with van der Waals surface area (Å²) in [5.41, 5.74) is 0.399. The molecule has 0 unspecified atom stereocenters. The van der Waals surface area contributed by atoms with Gasteiger partial charge in [-0.1, -0.05) is 12.1 Å². The van der Waals surface area contributed by atoms with Crippen LogP contribution in [0.25, 0.3) is 0 Å². The number of aromatic nitrogens is 1. The summed E-state index contributed by atoms with van der Waals surface area (Å²) in [6, 6.07) is 3.38. The van der Waals surface area contributed by atoms with Gasteiger partial charge in [-0.3, -0.25) is 14.9 Å². The molecular weight excluding hydrogens is 278 g/mol. The van der Waals surface area contributed by atoms with Crippen LogP contribution < -0.4 is 5.32 Å². The van der Waals surface area contributed by atoms with Crippen LogP contribution >= 0.6 is 0 Å². The van der Waals surface area contributed by atoms with E-state index in [0.29, 0.717) is 17.9 Å². The quantitative estimate of drug-likeness (QED) is 0.507. The molecule has 0 radical (unpaired) electrons. The minimum absolute atomic E-state index is 0.0446. The number of carbonyl (C=O) groups excluding carboxylic acids is 1. The smallest absolute Gasteiger partial charge is 0.271 e. The molecule has 2 N–H and O–H groups in total. The van der Waals surface area contributed by atoms with Crippen LogP contribution in [-0.2, 0) is 6.42 Å². The predicted octanol–water partition coefficient (Wildman–Crippen LogP) is 2.41. The first-order chi connectivity index (χ1) is 9.93. The number of nitrogens with zero attached hydrogens (tertiary/aromatic N) is 2. The lowest BCUT2D eigenvalue weighted by atomic mass is 10.1. The highest BCUT2D eigenvalue weighted by atomic mass is 16.6. The van der Waals surface area contributed by atoms with Crippen molar-refractivity contribution in [1.29, 1.82) is 0 Å². The molecule has 1 amide bonds. The number of phenols is 1. The van der Waals surface area contributed by atoms with E-state index >= 15 is 0 Å². The van der Waals surface area contributed by atoms with E-state index in [1.807, 2.05) is 6.92 Å². The van der Waals surface area contributed by atoms with Gasteiger partial charge in [0, 0.05) is 18.6 Å². The molecular formula is C13H13N3O5. The fourth-order valence-corrected chi connectivity index (χ4v) is 1.87. The maximum absolute atomic E-state index is 12.2. The van der Waals surface area contributed by atoms with E-state index in [2.05, 4.69) is 10.5 Å². The van der Waals surface area contributed by atoms with Crippen LogP contribution in [0.2, 0.25) is 0 Å². The van der Waals surface area contributed by atoms with Crippen molar-refractivity contribution in [2.75, 3.05) is 5.32 Å². The minimum Gasteiger partial charge on any atom is -0.506 e. The van der Waals surface area contributed by atoms with Crippen molar-refractivity contribution in [3.05, 3.63) is 45.3 Å². The monoisotopic (exact) mass is 291 g/mol. The molecule has 0 atom stereocenters. The number of non-ortho nitro benzene ring substituents is 1. The molecule has 0 saturated carbocycles. The first kappa shape index (κ1) is 14.5. The molecule has 0 aliphatic rings. The number of hydrogen-bond donors (Lipinski definition) is 2. The Labute approximate surface area is 119 Å². The van der Waals surface area contributed by atoms with Gasteiger partial charge in [0.15, 0.2) is 0 Å². The molecule has 8 heteroatoms. The van der Waals surface area contributed by atoms with Crippen molar-refractivity contribution in [1.82, 2.24) is 5.16 Å².